The zero-order chi connectivity index (χ0) is 12.4. The molecular weight excluding hydrogens is 290 g/mol. The van der Waals surface area contributed by atoms with Gasteiger partial charge in [-0.3, -0.25) is 0 Å². The molecule has 0 saturated heterocycles. The molecule has 0 aliphatic carbocycles. The van der Waals surface area contributed by atoms with E-state index in [4.69, 9.17) is 0 Å². The number of halogens is 3. The molecule has 1 N–H and O–H groups in total. The van der Waals surface area contributed by atoms with Crippen molar-refractivity contribution in [1.29, 1.82) is 0 Å². The van der Waals surface area contributed by atoms with Crippen LogP contribution in [0.2, 0.25) is 0 Å². The first-order valence-corrected chi connectivity index (χ1v) is 5.76. The summed E-state index contributed by atoms with van der Waals surface area (Å²) in [4.78, 5) is 0. The van der Waals surface area contributed by atoms with Crippen molar-refractivity contribution in [2.45, 2.75) is 6.10 Å². The molecule has 88 valence electrons. The van der Waals surface area contributed by atoms with Gasteiger partial charge in [-0.1, -0.05) is 40.2 Å². The van der Waals surface area contributed by atoms with Gasteiger partial charge >= 0.3 is 0 Å². The van der Waals surface area contributed by atoms with Crippen molar-refractivity contribution in [3.8, 4) is 0 Å². The van der Waals surface area contributed by atoms with Crippen molar-refractivity contribution in [2.24, 2.45) is 0 Å². The third-order valence-corrected chi connectivity index (χ3v) is 3.18. The number of aliphatic hydroxyl groups is 1. The smallest absolute Gasteiger partial charge is 0.132 e. The maximum absolute atomic E-state index is 13.5. The van der Waals surface area contributed by atoms with E-state index in [1.807, 2.05) is 0 Å². The van der Waals surface area contributed by atoms with Crippen LogP contribution in [-0.2, 0) is 0 Å². The van der Waals surface area contributed by atoms with Crippen LogP contribution in [0.15, 0.2) is 46.9 Å². The van der Waals surface area contributed by atoms with E-state index in [1.165, 1.54) is 6.07 Å². The minimum atomic E-state index is -1.12. The average molecular weight is 299 g/mol. The van der Waals surface area contributed by atoms with Crippen LogP contribution in [0.4, 0.5) is 8.78 Å². The zero-order valence-corrected chi connectivity index (χ0v) is 10.3. The highest BCUT2D eigenvalue weighted by Gasteiger charge is 2.17. The Morgan fingerprint density at radius 1 is 1.00 bits per heavy atom. The van der Waals surface area contributed by atoms with E-state index < -0.39 is 17.7 Å². The lowest BCUT2D eigenvalue weighted by Gasteiger charge is -2.13. The summed E-state index contributed by atoms with van der Waals surface area (Å²) < 4.78 is 26.9. The molecule has 0 spiro atoms. The molecule has 1 nitrogen and oxygen atoms in total. The zero-order valence-electron chi connectivity index (χ0n) is 8.70. The lowest BCUT2D eigenvalue weighted by atomic mass is 10.0. The molecule has 2 aromatic rings. The second-order valence-electron chi connectivity index (χ2n) is 3.59. The van der Waals surface area contributed by atoms with Gasteiger partial charge in [0.2, 0.25) is 0 Å². The third kappa shape index (κ3) is 2.53. The third-order valence-electron chi connectivity index (χ3n) is 2.46. The van der Waals surface area contributed by atoms with Gasteiger partial charge in [-0.15, -0.1) is 0 Å². The van der Waals surface area contributed by atoms with Gasteiger partial charge in [0.25, 0.3) is 0 Å². The fourth-order valence-electron chi connectivity index (χ4n) is 1.59. The molecular formula is C13H9BrF2O. The largest absolute Gasteiger partial charge is 0.384 e. The Morgan fingerprint density at radius 2 is 1.71 bits per heavy atom. The lowest BCUT2D eigenvalue weighted by molar-refractivity contribution is 0.214. The average Bonchev–Trinajstić information content (AvgIpc) is 2.29. The monoisotopic (exact) mass is 298 g/mol. The number of aliphatic hydroxyl groups excluding tert-OH is 1. The summed E-state index contributed by atoms with van der Waals surface area (Å²) in [5.74, 6) is -1.42. The van der Waals surface area contributed by atoms with Crippen molar-refractivity contribution < 1.29 is 13.9 Å². The normalized spacial score (nSPS) is 12.5. The standard InChI is InChI=1S/C13H9BrF2O/c14-11-4-2-1-3-9(11)13(17)10-6-5-8(15)7-12(10)16/h1-7,13,17H. The lowest BCUT2D eigenvalue weighted by Crippen LogP contribution is -2.03. The van der Waals surface area contributed by atoms with Crippen molar-refractivity contribution in [3.05, 3.63) is 69.7 Å². The van der Waals surface area contributed by atoms with Gasteiger partial charge in [0, 0.05) is 16.1 Å². The van der Waals surface area contributed by atoms with Gasteiger partial charge in [0.05, 0.1) is 0 Å². The molecule has 0 amide bonds. The maximum atomic E-state index is 13.5. The molecule has 2 rings (SSSR count). The number of benzene rings is 2. The molecule has 4 heteroatoms. The molecule has 1 atom stereocenters. The van der Waals surface area contributed by atoms with Gasteiger partial charge in [-0.25, -0.2) is 8.78 Å². The van der Waals surface area contributed by atoms with Gasteiger partial charge in [-0.2, -0.15) is 0 Å². The Balaban J connectivity index is 2.44. The minimum Gasteiger partial charge on any atom is -0.384 e. The molecule has 0 heterocycles. The minimum absolute atomic E-state index is 0.0540. The maximum Gasteiger partial charge on any atom is 0.132 e. The number of rotatable bonds is 2. The summed E-state index contributed by atoms with van der Waals surface area (Å²) in [5, 5.41) is 10.1. The fraction of sp³-hybridized carbons (Fsp3) is 0.0769. The first-order chi connectivity index (χ1) is 8.09. The van der Waals surface area contributed by atoms with Crippen LogP contribution in [0.1, 0.15) is 17.2 Å². The highest BCUT2D eigenvalue weighted by molar-refractivity contribution is 9.10. The molecule has 0 saturated carbocycles. The Hall–Kier alpha value is -1.26. The molecule has 0 fully saturated rings. The Bertz CT molecular complexity index is 543. The second-order valence-corrected chi connectivity index (χ2v) is 4.44. The van der Waals surface area contributed by atoms with Gasteiger partial charge in [0.1, 0.15) is 17.7 Å². The highest BCUT2D eigenvalue weighted by atomic mass is 79.9. The summed E-state index contributed by atoms with van der Waals surface area (Å²) in [6.45, 7) is 0. The van der Waals surface area contributed by atoms with Crippen LogP contribution in [0.25, 0.3) is 0 Å². The van der Waals surface area contributed by atoms with Crippen LogP contribution in [-0.4, -0.2) is 5.11 Å². The Labute approximate surface area is 106 Å². The molecule has 2 aromatic carbocycles. The topological polar surface area (TPSA) is 20.2 Å². The summed E-state index contributed by atoms with van der Waals surface area (Å²) >= 11 is 3.28. The first kappa shape index (κ1) is 12.2. The van der Waals surface area contributed by atoms with E-state index in [-0.39, 0.29) is 5.56 Å². The molecule has 17 heavy (non-hydrogen) atoms. The van der Waals surface area contributed by atoms with E-state index in [2.05, 4.69) is 15.9 Å². The molecule has 0 radical (unpaired) electrons. The quantitative estimate of drug-likeness (QED) is 0.894. The van der Waals surface area contributed by atoms with Gasteiger partial charge in [-0.05, 0) is 17.7 Å². The van der Waals surface area contributed by atoms with Gasteiger partial charge in [0.15, 0.2) is 0 Å². The predicted molar refractivity (Wildman–Crippen MR) is 64.6 cm³/mol. The van der Waals surface area contributed by atoms with Crippen molar-refractivity contribution in [1.82, 2.24) is 0 Å². The van der Waals surface area contributed by atoms with Crippen molar-refractivity contribution in [2.75, 3.05) is 0 Å². The van der Waals surface area contributed by atoms with Crippen molar-refractivity contribution >= 4 is 15.9 Å². The van der Waals surface area contributed by atoms with E-state index in [9.17, 15) is 13.9 Å². The summed E-state index contributed by atoms with van der Waals surface area (Å²) in [7, 11) is 0. The SMILES string of the molecule is OC(c1ccc(F)cc1F)c1ccccc1Br. The van der Waals surface area contributed by atoms with Crippen LogP contribution >= 0.6 is 15.9 Å². The Morgan fingerprint density at radius 3 is 2.35 bits per heavy atom. The van der Waals surface area contributed by atoms with Crippen LogP contribution in [0, 0.1) is 11.6 Å². The number of hydrogen-bond donors (Lipinski definition) is 1. The first-order valence-electron chi connectivity index (χ1n) is 4.97. The summed E-state index contributed by atoms with van der Waals surface area (Å²) in [6, 6.07) is 10.1. The molecule has 0 aliphatic rings. The van der Waals surface area contributed by atoms with Crippen LogP contribution in [0.3, 0.4) is 0 Å². The van der Waals surface area contributed by atoms with Crippen LogP contribution < -0.4 is 0 Å². The van der Waals surface area contributed by atoms with Gasteiger partial charge < -0.3 is 5.11 Å². The van der Waals surface area contributed by atoms with Crippen molar-refractivity contribution in [3.63, 3.8) is 0 Å². The van der Waals surface area contributed by atoms with E-state index in [0.717, 1.165) is 12.1 Å². The predicted octanol–water partition coefficient (Wildman–Crippen LogP) is 3.81. The fourth-order valence-corrected chi connectivity index (χ4v) is 2.09. The van der Waals surface area contributed by atoms with Crippen LogP contribution in [0.5, 0.6) is 0 Å². The highest BCUT2D eigenvalue weighted by Crippen LogP contribution is 2.29. The molecule has 0 aromatic heterocycles. The Kier molecular flexibility index (Phi) is 3.54. The summed E-state index contributed by atoms with van der Waals surface area (Å²) in [6.07, 6.45) is -1.12. The number of hydrogen-bond acceptors (Lipinski definition) is 1. The molecule has 0 bridgehead atoms. The summed E-state index contributed by atoms with van der Waals surface area (Å²) in [5.41, 5.74) is 0.594. The van der Waals surface area contributed by atoms with E-state index in [0.29, 0.717) is 10.0 Å². The molecule has 0 aliphatic heterocycles. The molecule has 1 unspecified atom stereocenters. The second kappa shape index (κ2) is 4.94. The van der Waals surface area contributed by atoms with E-state index in [1.54, 1.807) is 24.3 Å². The van der Waals surface area contributed by atoms with E-state index >= 15 is 0 Å².